The van der Waals surface area contributed by atoms with E-state index in [9.17, 15) is 0 Å². The Bertz CT molecular complexity index is 4190. The maximum atomic E-state index is 5.37. The third kappa shape index (κ3) is 7.41. The van der Waals surface area contributed by atoms with Crippen molar-refractivity contribution in [3.63, 3.8) is 0 Å². The van der Waals surface area contributed by atoms with Crippen molar-refractivity contribution in [2.75, 3.05) is 0 Å². The van der Waals surface area contributed by atoms with Gasteiger partial charge in [-0.05, 0) is 74.3 Å². The molecule has 0 spiro atoms. The SMILES string of the molecule is c1ccc(-c2nc(-c3ccccc3)nc(-c3ccc(-c4cccc([Si](c5ccccc5)(c5ccccc5)c5ccccc5)c4)cc3-n3c4ccccc4c4ccc(-n5c6ccccc6c6ccccc65)cc43)n2)cc1. The molecule has 0 saturated heterocycles. The van der Waals surface area contributed by atoms with E-state index in [1.54, 1.807) is 0 Å². The maximum absolute atomic E-state index is 5.37. The van der Waals surface area contributed by atoms with E-state index >= 15 is 0 Å². The average Bonchev–Trinajstić information content (AvgIpc) is 4.03. The Balaban J connectivity index is 1.05. The van der Waals surface area contributed by atoms with E-state index in [0.29, 0.717) is 17.5 Å². The number of nitrogens with zero attached hydrogens (tertiary/aromatic N) is 5. The first-order chi connectivity index (χ1) is 37.2. The van der Waals surface area contributed by atoms with Gasteiger partial charge in [-0.15, -0.1) is 0 Å². The van der Waals surface area contributed by atoms with E-state index in [1.807, 2.05) is 36.4 Å². The van der Waals surface area contributed by atoms with E-state index in [1.165, 1.54) is 31.5 Å². The van der Waals surface area contributed by atoms with Crippen molar-refractivity contribution in [1.82, 2.24) is 24.1 Å². The van der Waals surface area contributed by atoms with Gasteiger partial charge < -0.3 is 9.13 Å². The third-order valence-corrected chi connectivity index (χ3v) is 19.7. The van der Waals surface area contributed by atoms with Crippen LogP contribution in [0.1, 0.15) is 0 Å². The van der Waals surface area contributed by atoms with Crippen molar-refractivity contribution in [1.29, 1.82) is 0 Å². The van der Waals surface area contributed by atoms with Crippen molar-refractivity contribution in [3.05, 3.63) is 285 Å². The summed E-state index contributed by atoms with van der Waals surface area (Å²) in [5, 5.41) is 10.1. The number of hydrogen-bond acceptors (Lipinski definition) is 3. The fourth-order valence-electron chi connectivity index (χ4n) is 11.6. The second-order valence-corrected chi connectivity index (χ2v) is 22.9. The van der Waals surface area contributed by atoms with Gasteiger partial charge in [0.05, 0.1) is 27.8 Å². The lowest BCUT2D eigenvalue weighted by Crippen LogP contribution is -2.74. The van der Waals surface area contributed by atoms with E-state index in [4.69, 9.17) is 15.0 Å². The Morgan fingerprint density at radius 2 is 0.653 bits per heavy atom. The van der Waals surface area contributed by atoms with Crippen LogP contribution in [-0.4, -0.2) is 32.2 Å². The fourth-order valence-corrected chi connectivity index (χ4v) is 16.4. The van der Waals surface area contributed by atoms with Crippen LogP contribution in [0.3, 0.4) is 0 Å². The summed E-state index contributed by atoms with van der Waals surface area (Å²) in [6.45, 7) is 0. The molecule has 14 aromatic rings. The molecule has 75 heavy (non-hydrogen) atoms. The van der Waals surface area contributed by atoms with E-state index in [0.717, 1.165) is 72.0 Å². The molecule has 14 rings (SSSR count). The van der Waals surface area contributed by atoms with Gasteiger partial charge in [-0.2, -0.15) is 0 Å². The summed E-state index contributed by atoms with van der Waals surface area (Å²) in [6.07, 6.45) is 0. The number of aromatic nitrogens is 5. The normalized spacial score (nSPS) is 11.7. The molecule has 0 amide bonds. The van der Waals surface area contributed by atoms with E-state index in [-0.39, 0.29) is 0 Å². The molecule has 5 nitrogen and oxygen atoms in total. The minimum absolute atomic E-state index is 0.589. The van der Waals surface area contributed by atoms with Crippen LogP contribution in [0, 0.1) is 0 Å². The summed E-state index contributed by atoms with van der Waals surface area (Å²) >= 11 is 0. The molecule has 0 aliphatic carbocycles. The molecule has 0 atom stereocenters. The molecular weight excluding hydrogens is 927 g/mol. The van der Waals surface area contributed by atoms with Gasteiger partial charge in [0, 0.05) is 43.9 Å². The summed E-state index contributed by atoms with van der Waals surface area (Å²) in [5.74, 6) is 1.82. The molecule has 0 bridgehead atoms. The van der Waals surface area contributed by atoms with Crippen molar-refractivity contribution in [2.45, 2.75) is 0 Å². The monoisotopic (exact) mass is 973 g/mol. The molecule has 352 valence electrons. The Morgan fingerprint density at radius 3 is 1.17 bits per heavy atom. The van der Waals surface area contributed by atoms with Gasteiger partial charge in [-0.1, -0.05) is 243 Å². The average molecular weight is 974 g/mol. The highest BCUT2D eigenvalue weighted by atomic mass is 28.3. The van der Waals surface area contributed by atoms with Gasteiger partial charge in [0.1, 0.15) is 0 Å². The van der Waals surface area contributed by atoms with Crippen molar-refractivity contribution >= 4 is 72.4 Å². The Morgan fingerprint density at radius 1 is 0.253 bits per heavy atom. The van der Waals surface area contributed by atoms with Crippen molar-refractivity contribution in [3.8, 4) is 56.7 Å². The highest BCUT2D eigenvalue weighted by molar-refractivity contribution is 7.19. The second-order valence-electron chi connectivity index (χ2n) is 19.1. The molecule has 0 unspecified atom stereocenters. The number of benzene rings is 11. The molecule has 0 fully saturated rings. The summed E-state index contributed by atoms with van der Waals surface area (Å²) in [4.78, 5) is 15.9. The fraction of sp³-hybridized carbons (Fsp3) is 0. The van der Waals surface area contributed by atoms with Crippen LogP contribution in [0.2, 0.25) is 0 Å². The second kappa shape index (κ2) is 18.4. The van der Waals surface area contributed by atoms with Crippen LogP contribution in [0.15, 0.2) is 285 Å². The van der Waals surface area contributed by atoms with Crippen LogP contribution < -0.4 is 20.7 Å². The Kier molecular flexibility index (Phi) is 10.8. The summed E-state index contributed by atoms with van der Waals surface area (Å²) < 4.78 is 4.84. The molecular formula is C69H47N5Si. The molecule has 6 heteroatoms. The predicted molar refractivity (Wildman–Crippen MR) is 314 cm³/mol. The zero-order chi connectivity index (χ0) is 49.7. The smallest absolute Gasteiger partial charge is 0.179 e. The summed E-state index contributed by atoms with van der Waals surface area (Å²) in [5.41, 5.74) is 11.5. The van der Waals surface area contributed by atoms with Crippen LogP contribution in [0.25, 0.3) is 100 Å². The van der Waals surface area contributed by atoms with Gasteiger partial charge in [-0.25, -0.2) is 15.0 Å². The predicted octanol–water partition coefficient (Wildman–Crippen LogP) is 14.1. The lowest BCUT2D eigenvalue weighted by atomic mass is 10.0. The molecule has 11 aromatic carbocycles. The highest BCUT2D eigenvalue weighted by Crippen LogP contribution is 2.40. The summed E-state index contributed by atoms with van der Waals surface area (Å²) in [6, 6.07) is 103. The maximum Gasteiger partial charge on any atom is 0.179 e. The molecule has 0 aliphatic rings. The molecule has 0 radical (unpaired) electrons. The highest BCUT2D eigenvalue weighted by Gasteiger charge is 2.41. The first-order valence-corrected chi connectivity index (χ1v) is 27.5. The van der Waals surface area contributed by atoms with Gasteiger partial charge >= 0.3 is 0 Å². The number of para-hydroxylation sites is 3. The quantitative estimate of drug-likeness (QED) is 0.101. The first kappa shape index (κ1) is 44.0. The largest absolute Gasteiger partial charge is 0.309 e. The number of hydrogen-bond donors (Lipinski definition) is 0. The van der Waals surface area contributed by atoms with Crippen molar-refractivity contribution in [2.24, 2.45) is 0 Å². The van der Waals surface area contributed by atoms with Gasteiger partial charge in [0.2, 0.25) is 0 Å². The minimum atomic E-state index is -2.85. The lowest BCUT2D eigenvalue weighted by molar-refractivity contribution is 1.06. The van der Waals surface area contributed by atoms with Crippen LogP contribution in [0.4, 0.5) is 0 Å². The number of fused-ring (bicyclic) bond motifs is 6. The van der Waals surface area contributed by atoms with Gasteiger partial charge in [0.25, 0.3) is 0 Å². The molecule has 3 heterocycles. The first-order valence-electron chi connectivity index (χ1n) is 25.5. The standard InChI is InChI=1S/C69H47N5Si/c1-6-23-48(24-7-1)67-70-68(49-25-8-2-9-26-49)72-69(71-67)61-43-41-51(50-27-22-34-56(45-50)75(53-28-10-3-11-29-53,54-30-12-4-13-31-54)55-32-14-5-15-33-55)46-65(61)74-64-40-21-18-37-59(64)60-44-42-52(47-66(60)74)73-62-38-19-16-35-57(62)58-36-17-20-39-63(58)73/h1-47H. The lowest BCUT2D eigenvalue weighted by Gasteiger charge is -2.34. The molecule has 0 aliphatic heterocycles. The van der Waals surface area contributed by atoms with Gasteiger partial charge in [-0.3, -0.25) is 0 Å². The third-order valence-electron chi connectivity index (χ3n) is 14.9. The Labute approximate surface area is 436 Å². The summed E-state index contributed by atoms with van der Waals surface area (Å²) in [7, 11) is -2.85. The van der Waals surface area contributed by atoms with E-state index in [2.05, 4.69) is 258 Å². The Hall–Kier alpha value is -9.75. The zero-order valence-corrected chi connectivity index (χ0v) is 41.9. The van der Waals surface area contributed by atoms with E-state index < -0.39 is 8.07 Å². The topological polar surface area (TPSA) is 48.5 Å². The minimum Gasteiger partial charge on any atom is -0.309 e. The van der Waals surface area contributed by atoms with Crippen LogP contribution in [-0.2, 0) is 0 Å². The van der Waals surface area contributed by atoms with Crippen LogP contribution >= 0.6 is 0 Å². The molecule has 0 saturated carbocycles. The molecule has 0 N–H and O–H groups in total. The molecule has 3 aromatic heterocycles. The van der Waals surface area contributed by atoms with Gasteiger partial charge in [0.15, 0.2) is 25.5 Å². The van der Waals surface area contributed by atoms with Crippen LogP contribution in [0.5, 0.6) is 0 Å². The van der Waals surface area contributed by atoms with Crippen molar-refractivity contribution < 1.29 is 0 Å². The zero-order valence-electron chi connectivity index (χ0n) is 40.9. The number of rotatable bonds is 10.